The molecule has 1 fully saturated rings. The molecule has 6 nitrogen and oxygen atoms in total. The van der Waals surface area contributed by atoms with Gasteiger partial charge in [0.05, 0.1) is 5.69 Å². The van der Waals surface area contributed by atoms with E-state index < -0.39 is 0 Å². The van der Waals surface area contributed by atoms with Crippen LogP contribution in [-0.2, 0) is 18.7 Å². The Bertz CT molecular complexity index is 867. The van der Waals surface area contributed by atoms with Crippen LogP contribution in [0.4, 0.5) is 0 Å². The fourth-order valence-corrected chi connectivity index (χ4v) is 5.04. The second-order valence-corrected chi connectivity index (χ2v) is 9.02. The van der Waals surface area contributed by atoms with E-state index in [1.54, 1.807) is 27.7 Å². The molecule has 2 N–H and O–H groups in total. The van der Waals surface area contributed by atoms with Crippen molar-refractivity contribution in [2.45, 2.75) is 38.5 Å². The molecule has 0 spiro atoms. The lowest BCUT2D eigenvalue weighted by molar-refractivity contribution is 0.0951. The molecule has 2 aromatic heterocycles. The topological polar surface area (TPSA) is 76.0 Å². The summed E-state index contributed by atoms with van der Waals surface area (Å²) in [6, 6.07) is 1.86. The maximum atomic E-state index is 12.9. The minimum absolute atomic E-state index is 0. The third-order valence-corrected chi connectivity index (χ3v) is 6.63. The molecule has 0 bridgehead atoms. The van der Waals surface area contributed by atoms with Crippen LogP contribution in [0.25, 0.3) is 0 Å². The summed E-state index contributed by atoms with van der Waals surface area (Å²) in [4.78, 5) is 30.1. The summed E-state index contributed by atoms with van der Waals surface area (Å²) in [5, 5.41) is 9.41. The average Bonchev–Trinajstić information content (AvgIpc) is 3.13. The van der Waals surface area contributed by atoms with Crippen LogP contribution in [0.1, 0.15) is 39.5 Å². The molecule has 3 heterocycles. The molecular weight excluding hydrogens is 463 g/mol. The van der Waals surface area contributed by atoms with Crippen LogP contribution in [0, 0.1) is 12.8 Å². The number of nitrogens with zero attached hydrogens (tertiary/aromatic N) is 2. The highest BCUT2D eigenvalue weighted by Gasteiger charge is 2.19. The number of hydrogen-bond acceptors (Lipinski definition) is 6. The Balaban J connectivity index is 0.00000225. The second-order valence-electron chi connectivity index (χ2n) is 7.22. The Labute approximate surface area is 198 Å². The van der Waals surface area contributed by atoms with Crippen molar-refractivity contribution in [2.24, 2.45) is 5.92 Å². The van der Waals surface area contributed by atoms with E-state index in [-0.39, 0.29) is 41.8 Å². The molecule has 168 valence electrons. The number of hydrogen-bond donors (Lipinski definition) is 2. The first kappa shape index (κ1) is 27.0. The van der Waals surface area contributed by atoms with Gasteiger partial charge in [-0.2, -0.15) is 11.8 Å². The van der Waals surface area contributed by atoms with Crippen LogP contribution >= 0.6 is 47.9 Å². The van der Waals surface area contributed by atoms with Gasteiger partial charge in [0, 0.05) is 36.8 Å². The number of pyridine rings is 1. The number of thiazole rings is 1. The number of thioether (sulfide) groups is 1. The first-order valence-corrected chi connectivity index (χ1v) is 12.0. The van der Waals surface area contributed by atoms with E-state index in [4.69, 9.17) is 0 Å². The monoisotopic (exact) mass is 492 g/mol. The molecular formula is C20H30Cl2N4O2S2. The largest absolute Gasteiger partial charge is 0.351 e. The Hall–Kier alpha value is -1.06. The van der Waals surface area contributed by atoms with Gasteiger partial charge >= 0.3 is 0 Å². The maximum Gasteiger partial charge on any atom is 0.263 e. The van der Waals surface area contributed by atoms with Gasteiger partial charge in [-0.25, -0.2) is 4.98 Å². The summed E-state index contributed by atoms with van der Waals surface area (Å²) in [5.74, 6) is 1.06. The van der Waals surface area contributed by atoms with E-state index in [2.05, 4.69) is 21.9 Å². The van der Waals surface area contributed by atoms with Gasteiger partial charge in [-0.3, -0.25) is 9.59 Å². The normalized spacial score (nSPS) is 15.7. The zero-order valence-electron chi connectivity index (χ0n) is 17.3. The van der Waals surface area contributed by atoms with Crippen LogP contribution in [0.3, 0.4) is 0 Å². The van der Waals surface area contributed by atoms with Crippen LogP contribution in [0.5, 0.6) is 0 Å². The molecule has 1 saturated heterocycles. The summed E-state index contributed by atoms with van der Waals surface area (Å²) in [5.41, 5.74) is 1.77. The van der Waals surface area contributed by atoms with Gasteiger partial charge < -0.3 is 15.2 Å². The summed E-state index contributed by atoms with van der Waals surface area (Å²) >= 11 is 3.40. The fraction of sp³-hybridized carbons (Fsp3) is 0.550. The SMILES string of the molecule is CSCc1nc(CCNC(=O)c2c(C)ccn(CC3CCCNC3)c2=O)cs1.Cl.Cl. The van der Waals surface area contributed by atoms with Gasteiger partial charge in [0.25, 0.3) is 11.5 Å². The van der Waals surface area contributed by atoms with Gasteiger partial charge in [-0.05, 0) is 56.7 Å². The molecule has 0 aromatic carbocycles. The Kier molecular flexibility index (Phi) is 12.0. The molecule has 1 aliphatic heterocycles. The highest BCUT2D eigenvalue weighted by Crippen LogP contribution is 2.15. The lowest BCUT2D eigenvalue weighted by Crippen LogP contribution is -2.38. The number of aryl methyl sites for hydroxylation is 1. The first-order chi connectivity index (χ1) is 13.6. The summed E-state index contributed by atoms with van der Waals surface area (Å²) in [6.07, 6.45) is 6.78. The van der Waals surface area contributed by atoms with Gasteiger partial charge in [0.2, 0.25) is 0 Å². The van der Waals surface area contributed by atoms with Gasteiger partial charge in [0.1, 0.15) is 10.6 Å². The van der Waals surface area contributed by atoms with E-state index in [9.17, 15) is 9.59 Å². The molecule has 0 aliphatic carbocycles. The van der Waals surface area contributed by atoms with Crippen LogP contribution in [0.2, 0.25) is 0 Å². The average molecular weight is 494 g/mol. The Morgan fingerprint density at radius 1 is 1.43 bits per heavy atom. The van der Waals surface area contributed by atoms with Gasteiger partial charge in [0.15, 0.2) is 0 Å². The van der Waals surface area contributed by atoms with E-state index in [0.29, 0.717) is 25.4 Å². The fourth-order valence-electron chi connectivity index (χ4n) is 3.49. The predicted molar refractivity (Wildman–Crippen MR) is 131 cm³/mol. The summed E-state index contributed by atoms with van der Waals surface area (Å²) < 4.78 is 1.69. The summed E-state index contributed by atoms with van der Waals surface area (Å²) in [7, 11) is 0. The Morgan fingerprint density at radius 2 is 2.23 bits per heavy atom. The van der Waals surface area contributed by atoms with Crippen LogP contribution in [-0.4, -0.2) is 41.3 Å². The number of amides is 1. The number of nitrogens with one attached hydrogen (secondary N) is 2. The highest BCUT2D eigenvalue weighted by molar-refractivity contribution is 7.97. The van der Waals surface area contributed by atoms with E-state index >= 15 is 0 Å². The summed E-state index contributed by atoms with van der Waals surface area (Å²) in [6.45, 7) is 4.92. The minimum atomic E-state index is -0.293. The maximum absolute atomic E-state index is 12.9. The molecule has 2 aromatic rings. The number of carbonyl (C=O) groups is 1. The lowest BCUT2D eigenvalue weighted by atomic mass is 9.99. The number of aromatic nitrogens is 2. The zero-order valence-corrected chi connectivity index (χ0v) is 20.6. The van der Waals surface area contributed by atoms with Crippen molar-refractivity contribution in [1.82, 2.24) is 20.2 Å². The zero-order chi connectivity index (χ0) is 19.9. The number of halogens is 2. The molecule has 1 atom stereocenters. The first-order valence-electron chi connectivity index (χ1n) is 9.69. The lowest BCUT2D eigenvalue weighted by Gasteiger charge is -2.23. The Morgan fingerprint density at radius 3 is 2.93 bits per heavy atom. The van der Waals surface area contributed by atoms with Crippen molar-refractivity contribution < 1.29 is 4.79 Å². The second kappa shape index (κ2) is 13.4. The van der Waals surface area contributed by atoms with Crippen molar-refractivity contribution in [3.05, 3.63) is 49.8 Å². The molecule has 0 saturated carbocycles. The van der Waals surface area contributed by atoms with Gasteiger partial charge in [-0.15, -0.1) is 36.2 Å². The molecule has 1 amide bonds. The van der Waals surface area contributed by atoms with Crippen LogP contribution in [0.15, 0.2) is 22.4 Å². The molecule has 1 unspecified atom stereocenters. The smallest absolute Gasteiger partial charge is 0.263 e. The standard InChI is InChI=1S/C20H28N4O2S2.2ClH/c1-14-6-9-24(11-15-4-3-7-21-10-15)20(26)18(14)19(25)22-8-5-16-12-28-17(23-16)13-27-2;;/h6,9,12,15,21H,3-5,7-8,10-11,13H2,1-2H3,(H,22,25);2*1H. The molecule has 0 radical (unpaired) electrons. The van der Waals surface area contributed by atoms with E-state index in [1.807, 2.05) is 24.6 Å². The minimum Gasteiger partial charge on any atom is -0.351 e. The van der Waals surface area contributed by atoms with Crippen molar-refractivity contribution in [2.75, 3.05) is 25.9 Å². The number of rotatable bonds is 8. The third kappa shape index (κ3) is 7.27. The van der Waals surface area contributed by atoms with E-state index in [0.717, 1.165) is 47.9 Å². The van der Waals surface area contributed by atoms with Crippen molar-refractivity contribution in [1.29, 1.82) is 0 Å². The van der Waals surface area contributed by atoms with Crippen molar-refractivity contribution in [3.63, 3.8) is 0 Å². The number of carbonyl (C=O) groups excluding carboxylic acids is 1. The van der Waals surface area contributed by atoms with Crippen molar-refractivity contribution in [3.8, 4) is 0 Å². The molecule has 1 aliphatic rings. The highest BCUT2D eigenvalue weighted by atomic mass is 35.5. The molecule has 10 heteroatoms. The number of piperidine rings is 1. The van der Waals surface area contributed by atoms with E-state index in [1.165, 1.54) is 0 Å². The molecule has 3 rings (SSSR count). The predicted octanol–water partition coefficient (Wildman–Crippen LogP) is 3.29. The van der Waals surface area contributed by atoms with Crippen LogP contribution < -0.4 is 16.2 Å². The molecule has 30 heavy (non-hydrogen) atoms. The third-order valence-electron chi connectivity index (χ3n) is 4.99. The van der Waals surface area contributed by atoms with Crippen molar-refractivity contribution >= 4 is 53.8 Å². The quantitative estimate of drug-likeness (QED) is 0.591. The van der Waals surface area contributed by atoms with Gasteiger partial charge in [-0.1, -0.05) is 0 Å².